The van der Waals surface area contributed by atoms with Crippen LogP contribution in [0, 0.1) is 5.41 Å². The molecule has 0 unspecified atom stereocenters. The van der Waals surface area contributed by atoms with E-state index in [0.717, 1.165) is 17.2 Å². The normalized spacial score (nSPS) is 14.1. The third-order valence-electron chi connectivity index (χ3n) is 4.04. The number of anilines is 3. The van der Waals surface area contributed by atoms with Crippen molar-refractivity contribution in [2.24, 2.45) is 5.84 Å². The molecule has 0 fully saturated rings. The van der Waals surface area contributed by atoms with E-state index in [1.165, 1.54) is 5.01 Å². The van der Waals surface area contributed by atoms with E-state index in [2.05, 4.69) is 5.32 Å². The second kappa shape index (κ2) is 6.74. The quantitative estimate of drug-likeness (QED) is 0.344. The van der Waals surface area contributed by atoms with Crippen LogP contribution < -0.4 is 30.5 Å². The Morgan fingerprint density at radius 3 is 2.40 bits per heavy atom. The van der Waals surface area contributed by atoms with E-state index in [0.29, 0.717) is 17.2 Å². The number of methoxy groups -OCH3 is 2. The van der Waals surface area contributed by atoms with Gasteiger partial charge < -0.3 is 19.7 Å². The highest BCUT2D eigenvalue weighted by Crippen LogP contribution is 2.34. The standard InChI is InChI=1S/C18H21N5O2/c1-22-16-7-5-4-6-15(16)21-18(22)11-17(19)23(20)12-8-13(24-2)10-14(9-12)25-3/h4-11,19,21H,20H2,1-3H3. The third-order valence-corrected chi connectivity index (χ3v) is 4.04. The first-order valence-electron chi connectivity index (χ1n) is 7.71. The summed E-state index contributed by atoms with van der Waals surface area (Å²) < 4.78 is 10.5. The average Bonchev–Trinajstić information content (AvgIpc) is 2.96. The van der Waals surface area contributed by atoms with Crippen molar-refractivity contribution in [2.45, 2.75) is 0 Å². The summed E-state index contributed by atoms with van der Waals surface area (Å²) in [5.74, 6) is 8.23. The minimum atomic E-state index is 0.123. The summed E-state index contributed by atoms with van der Waals surface area (Å²) in [5.41, 5.74) is 2.64. The van der Waals surface area contributed by atoms with E-state index < -0.39 is 0 Å². The minimum Gasteiger partial charge on any atom is -0.497 e. The monoisotopic (exact) mass is 339 g/mol. The van der Waals surface area contributed by atoms with Crippen LogP contribution in [-0.4, -0.2) is 27.1 Å². The van der Waals surface area contributed by atoms with Gasteiger partial charge in [0.15, 0.2) is 0 Å². The molecule has 0 bridgehead atoms. The molecule has 1 heterocycles. The highest BCUT2D eigenvalue weighted by Gasteiger charge is 2.21. The lowest BCUT2D eigenvalue weighted by Crippen LogP contribution is -2.36. The van der Waals surface area contributed by atoms with Crippen LogP contribution in [0.1, 0.15) is 0 Å². The predicted octanol–water partition coefficient (Wildman–Crippen LogP) is 2.76. The lowest BCUT2D eigenvalue weighted by Gasteiger charge is -2.20. The Bertz CT molecular complexity index is 812. The van der Waals surface area contributed by atoms with Crippen molar-refractivity contribution < 1.29 is 9.47 Å². The largest absolute Gasteiger partial charge is 0.497 e. The number of nitrogens with one attached hydrogen (secondary N) is 2. The number of benzene rings is 2. The van der Waals surface area contributed by atoms with Gasteiger partial charge in [0.25, 0.3) is 0 Å². The molecule has 1 aliphatic rings. The zero-order chi connectivity index (χ0) is 18.0. The Hall–Kier alpha value is -3.19. The zero-order valence-electron chi connectivity index (χ0n) is 14.4. The van der Waals surface area contributed by atoms with Crippen molar-refractivity contribution in [1.82, 2.24) is 0 Å². The summed E-state index contributed by atoms with van der Waals surface area (Å²) in [5, 5.41) is 12.9. The maximum atomic E-state index is 8.33. The SMILES string of the molecule is COc1cc(OC)cc(N(N)C(=N)C=C2Nc3ccccc3N2C)c1. The number of nitrogens with two attached hydrogens (primary N) is 1. The van der Waals surface area contributed by atoms with Crippen LogP contribution in [0.25, 0.3) is 0 Å². The molecule has 25 heavy (non-hydrogen) atoms. The molecule has 7 nitrogen and oxygen atoms in total. The van der Waals surface area contributed by atoms with Gasteiger partial charge in [-0.25, -0.2) is 5.84 Å². The average molecular weight is 339 g/mol. The van der Waals surface area contributed by atoms with Crippen molar-refractivity contribution in [2.75, 3.05) is 36.5 Å². The molecular formula is C18H21N5O2. The first-order valence-corrected chi connectivity index (χ1v) is 7.71. The number of hydrogen-bond acceptors (Lipinski definition) is 6. The molecule has 0 saturated carbocycles. The van der Waals surface area contributed by atoms with Crippen molar-refractivity contribution in [3.05, 3.63) is 54.4 Å². The first kappa shape index (κ1) is 16.7. The van der Waals surface area contributed by atoms with Gasteiger partial charge >= 0.3 is 0 Å². The van der Waals surface area contributed by atoms with Gasteiger partial charge in [0.1, 0.15) is 23.2 Å². The van der Waals surface area contributed by atoms with Crippen molar-refractivity contribution in [3.8, 4) is 11.5 Å². The smallest absolute Gasteiger partial charge is 0.143 e. The molecule has 2 aromatic carbocycles. The zero-order valence-corrected chi connectivity index (χ0v) is 14.4. The lowest BCUT2D eigenvalue weighted by molar-refractivity contribution is 0.394. The van der Waals surface area contributed by atoms with E-state index in [1.54, 1.807) is 38.5 Å². The number of fused-ring (bicyclic) bond motifs is 1. The summed E-state index contributed by atoms with van der Waals surface area (Å²) in [6.07, 6.45) is 1.67. The summed E-state index contributed by atoms with van der Waals surface area (Å²) in [6.45, 7) is 0. The Balaban J connectivity index is 1.85. The third kappa shape index (κ3) is 3.22. The lowest BCUT2D eigenvalue weighted by atomic mass is 10.2. The molecule has 3 rings (SSSR count). The highest BCUT2D eigenvalue weighted by atomic mass is 16.5. The van der Waals surface area contributed by atoms with Gasteiger partial charge in [-0.3, -0.25) is 10.4 Å². The van der Waals surface area contributed by atoms with Crippen molar-refractivity contribution in [3.63, 3.8) is 0 Å². The second-order valence-corrected chi connectivity index (χ2v) is 5.56. The molecule has 130 valence electrons. The fourth-order valence-corrected chi connectivity index (χ4v) is 2.63. The van der Waals surface area contributed by atoms with Crippen molar-refractivity contribution in [1.29, 1.82) is 5.41 Å². The Morgan fingerprint density at radius 2 is 1.80 bits per heavy atom. The van der Waals surface area contributed by atoms with Crippen LogP contribution in [-0.2, 0) is 0 Å². The molecule has 7 heteroatoms. The molecule has 0 amide bonds. The van der Waals surface area contributed by atoms with Gasteiger partial charge in [-0.1, -0.05) is 12.1 Å². The van der Waals surface area contributed by atoms with Gasteiger partial charge in [-0.15, -0.1) is 0 Å². The summed E-state index contributed by atoms with van der Waals surface area (Å²) in [6, 6.07) is 13.2. The Labute approximate surface area is 146 Å². The number of para-hydroxylation sites is 2. The van der Waals surface area contributed by atoms with Gasteiger partial charge in [-0.2, -0.15) is 0 Å². The highest BCUT2D eigenvalue weighted by molar-refractivity contribution is 6.04. The fourth-order valence-electron chi connectivity index (χ4n) is 2.63. The van der Waals surface area contributed by atoms with Gasteiger partial charge in [-0.05, 0) is 12.1 Å². The second-order valence-electron chi connectivity index (χ2n) is 5.56. The van der Waals surface area contributed by atoms with E-state index in [4.69, 9.17) is 20.7 Å². The predicted molar refractivity (Wildman–Crippen MR) is 100 cm³/mol. The van der Waals surface area contributed by atoms with Crippen molar-refractivity contribution >= 4 is 22.9 Å². The maximum Gasteiger partial charge on any atom is 0.143 e. The van der Waals surface area contributed by atoms with Crippen LogP contribution >= 0.6 is 0 Å². The number of amidine groups is 1. The molecule has 0 aromatic heterocycles. The Kier molecular flexibility index (Phi) is 4.49. The first-order chi connectivity index (χ1) is 12.0. The van der Waals surface area contributed by atoms with Crippen LogP contribution in [0.5, 0.6) is 11.5 Å². The van der Waals surface area contributed by atoms with E-state index in [9.17, 15) is 0 Å². The van der Waals surface area contributed by atoms with Crippen LogP contribution in [0.4, 0.5) is 17.1 Å². The van der Waals surface area contributed by atoms with Gasteiger partial charge in [0.2, 0.25) is 0 Å². The molecule has 0 spiro atoms. The van der Waals surface area contributed by atoms with Gasteiger partial charge in [0.05, 0.1) is 31.3 Å². The fraction of sp³-hybridized carbons (Fsp3) is 0.167. The van der Waals surface area contributed by atoms with Gasteiger partial charge in [0, 0.05) is 31.3 Å². The molecule has 0 aliphatic carbocycles. The number of nitrogens with zero attached hydrogens (tertiary/aromatic N) is 2. The van der Waals surface area contributed by atoms with E-state index in [-0.39, 0.29) is 5.84 Å². The number of hydrogen-bond donors (Lipinski definition) is 3. The molecule has 0 radical (unpaired) electrons. The summed E-state index contributed by atoms with van der Waals surface area (Å²) in [4.78, 5) is 1.98. The number of hydrazine groups is 1. The topological polar surface area (TPSA) is 86.8 Å². The molecule has 2 aromatic rings. The van der Waals surface area contributed by atoms with Crippen LogP contribution in [0.15, 0.2) is 54.4 Å². The number of rotatable bonds is 4. The van der Waals surface area contributed by atoms with Crippen LogP contribution in [0.2, 0.25) is 0 Å². The number of ether oxygens (including phenoxy) is 2. The Morgan fingerprint density at radius 1 is 1.16 bits per heavy atom. The summed E-state index contributed by atoms with van der Waals surface area (Å²) >= 11 is 0. The van der Waals surface area contributed by atoms with Crippen LogP contribution in [0.3, 0.4) is 0 Å². The maximum absolute atomic E-state index is 8.33. The minimum absolute atomic E-state index is 0.123. The molecule has 0 atom stereocenters. The summed E-state index contributed by atoms with van der Waals surface area (Å²) in [7, 11) is 5.08. The molecule has 1 aliphatic heterocycles. The van der Waals surface area contributed by atoms with E-state index >= 15 is 0 Å². The van der Waals surface area contributed by atoms with E-state index in [1.807, 2.05) is 36.2 Å². The molecular weight excluding hydrogens is 318 g/mol. The molecule has 0 saturated heterocycles. The molecule has 4 N–H and O–H groups in total.